The second-order valence-corrected chi connectivity index (χ2v) is 6.50. The minimum atomic E-state index is -0.201. The van der Waals surface area contributed by atoms with Crippen molar-refractivity contribution in [3.05, 3.63) is 21.4 Å². The molecule has 1 rings (SSSR count). The Kier molecular flexibility index (Phi) is 7.19. The van der Waals surface area contributed by atoms with Gasteiger partial charge in [0.05, 0.1) is 4.88 Å². The molecule has 3 N–H and O–H groups in total. The first-order chi connectivity index (χ1) is 9.53. The molecule has 20 heavy (non-hydrogen) atoms. The van der Waals surface area contributed by atoms with Gasteiger partial charge in [0.15, 0.2) is 0 Å². The van der Waals surface area contributed by atoms with Crippen molar-refractivity contribution in [2.24, 2.45) is 5.84 Å². The predicted octanol–water partition coefficient (Wildman–Crippen LogP) is 3.06. The minimum Gasteiger partial charge on any atom is -0.296 e. The number of nitrogens with one attached hydrogen (secondary N) is 1. The van der Waals surface area contributed by atoms with Crippen molar-refractivity contribution in [1.82, 2.24) is 10.3 Å². The predicted molar refractivity (Wildman–Crippen MR) is 85.8 cm³/mol. The van der Waals surface area contributed by atoms with Gasteiger partial charge in [-0.1, -0.05) is 20.3 Å². The number of nitrogens with zero attached hydrogens (tertiary/aromatic N) is 1. The Hall–Kier alpha value is -0.910. The lowest BCUT2D eigenvalue weighted by Crippen LogP contribution is -2.33. The molecule has 0 saturated heterocycles. The lowest BCUT2D eigenvalue weighted by Gasteiger charge is -2.28. The Morgan fingerprint density at radius 3 is 2.75 bits per heavy atom. The van der Waals surface area contributed by atoms with E-state index in [1.54, 1.807) is 0 Å². The van der Waals surface area contributed by atoms with Gasteiger partial charge < -0.3 is 0 Å². The number of unbranched alkanes of at least 4 members (excludes halogenated alkanes) is 1. The molecule has 0 aliphatic heterocycles. The standard InChI is InChI=1S/C15H27N3OS/c1-5-7-8-18(11(3)6-2)10-13-9-14(15(19)17-16)20-12(13)4/h9,11H,5-8,10,16H2,1-4H3,(H,17,19). The molecule has 0 aliphatic carbocycles. The zero-order chi connectivity index (χ0) is 15.1. The lowest BCUT2D eigenvalue weighted by molar-refractivity contribution is 0.0957. The quantitative estimate of drug-likeness (QED) is 0.440. The van der Waals surface area contributed by atoms with Crippen molar-refractivity contribution in [3.8, 4) is 0 Å². The molecule has 0 spiro atoms. The van der Waals surface area contributed by atoms with Gasteiger partial charge in [0.25, 0.3) is 5.91 Å². The van der Waals surface area contributed by atoms with Crippen molar-refractivity contribution in [2.45, 2.75) is 59.5 Å². The molecule has 1 heterocycles. The Bertz CT molecular complexity index is 431. The van der Waals surface area contributed by atoms with Gasteiger partial charge in [-0.15, -0.1) is 11.3 Å². The van der Waals surface area contributed by atoms with Gasteiger partial charge >= 0.3 is 0 Å². The van der Waals surface area contributed by atoms with E-state index in [4.69, 9.17) is 5.84 Å². The van der Waals surface area contributed by atoms with Gasteiger partial charge in [0.1, 0.15) is 0 Å². The number of hydrogen-bond donors (Lipinski definition) is 2. The van der Waals surface area contributed by atoms with Gasteiger partial charge in [0, 0.05) is 17.5 Å². The number of carbonyl (C=O) groups is 1. The smallest absolute Gasteiger partial charge is 0.275 e. The van der Waals surface area contributed by atoms with Crippen molar-refractivity contribution in [1.29, 1.82) is 0 Å². The number of hydrazine groups is 1. The summed E-state index contributed by atoms with van der Waals surface area (Å²) in [6, 6.07) is 2.54. The third-order valence-electron chi connectivity index (χ3n) is 3.76. The molecular weight excluding hydrogens is 270 g/mol. The maximum absolute atomic E-state index is 11.6. The van der Waals surface area contributed by atoms with Crippen LogP contribution in [0.15, 0.2) is 6.07 Å². The summed E-state index contributed by atoms with van der Waals surface area (Å²) in [5.41, 5.74) is 3.44. The molecule has 1 amide bonds. The molecule has 1 aromatic heterocycles. The first-order valence-corrected chi connectivity index (χ1v) is 8.19. The first kappa shape index (κ1) is 17.1. The summed E-state index contributed by atoms with van der Waals surface area (Å²) >= 11 is 1.51. The van der Waals surface area contributed by atoms with Crippen LogP contribution in [0.1, 0.15) is 60.1 Å². The summed E-state index contributed by atoms with van der Waals surface area (Å²) in [4.78, 5) is 16.0. The SMILES string of the molecule is CCCCN(Cc1cc(C(=O)NN)sc1C)C(C)CC. The summed E-state index contributed by atoms with van der Waals surface area (Å²) in [5, 5.41) is 0. The number of thiophene rings is 1. The highest BCUT2D eigenvalue weighted by Crippen LogP contribution is 2.24. The van der Waals surface area contributed by atoms with E-state index in [-0.39, 0.29) is 5.91 Å². The highest BCUT2D eigenvalue weighted by Gasteiger charge is 2.16. The van der Waals surface area contributed by atoms with E-state index in [0.29, 0.717) is 10.9 Å². The summed E-state index contributed by atoms with van der Waals surface area (Å²) < 4.78 is 0. The van der Waals surface area contributed by atoms with Crippen molar-refractivity contribution in [3.63, 3.8) is 0 Å². The van der Waals surface area contributed by atoms with Gasteiger partial charge in [-0.3, -0.25) is 15.1 Å². The number of amides is 1. The third kappa shape index (κ3) is 4.58. The lowest BCUT2D eigenvalue weighted by atomic mass is 10.1. The van der Waals surface area contributed by atoms with Crippen LogP contribution in [0, 0.1) is 6.92 Å². The van der Waals surface area contributed by atoms with Crippen molar-refractivity contribution in [2.75, 3.05) is 6.54 Å². The summed E-state index contributed by atoms with van der Waals surface area (Å²) in [7, 11) is 0. The van der Waals surface area contributed by atoms with Gasteiger partial charge in [-0.05, 0) is 44.9 Å². The largest absolute Gasteiger partial charge is 0.296 e. The molecule has 0 radical (unpaired) electrons. The number of rotatable bonds is 8. The number of aryl methyl sites for hydroxylation is 1. The van der Waals surface area contributed by atoms with E-state index in [1.165, 1.54) is 34.6 Å². The molecule has 114 valence electrons. The van der Waals surface area contributed by atoms with Crippen LogP contribution in [0.3, 0.4) is 0 Å². The van der Waals surface area contributed by atoms with Crippen LogP contribution in [0.4, 0.5) is 0 Å². The van der Waals surface area contributed by atoms with Crippen LogP contribution in [0.25, 0.3) is 0 Å². The van der Waals surface area contributed by atoms with Crippen LogP contribution in [0.2, 0.25) is 0 Å². The van der Waals surface area contributed by atoms with Gasteiger partial charge in [0.2, 0.25) is 0 Å². The van der Waals surface area contributed by atoms with Crippen LogP contribution < -0.4 is 11.3 Å². The second-order valence-electron chi connectivity index (χ2n) is 5.25. The van der Waals surface area contributed by atoms with Crippen LogP contribution in [0.5, 0.6) is 0 Å². The fraction of sp³-hybridized carbons (Fsp3) is 0.667. The zero-order valence-corrected chi connectivity index (χ0v) is 13.8. The fourth-order valence-corrected chi connectivity index (χ4v) is 3.09. The maximum Gasteiger partial charge on any atom is 0.275 e. The topological polar surface area (TPSA) is 58.4 Å². The molecule has 5 heteroatoms. The molecule has 0 fully saturated rings. The number of hydrogen-bond acceptors (Lipinski definition) is 4. The Balaban J connectivity index is 2.82. The van der Waals surface area contributed by atoms with Crippen molar-refractivity contribution >= 4 is 17.2 Å². The van der Waals surface area contributed by atoms with Gasteiger partial charge in [-0.25, -0.2) is 5.84 Å². The molecule has 1 atom stereocenters. The average Bonchev–Trinajstić information content (AvgIpc) is 2.82. The van der Waals surface area contributed by atoms with E-state index in [1.807, 2.05) is 6.07 Å². The van der Waals surface area contributed by atoms with E-state index in [9.17, 15) is 4.79 Å². The van der Waals surface area contributed by atoms with E-state index >= 15 is 0 Å². The third-order valence-corrected chi connectivity index (χ3v) is 4.85. The Morgan fingerprint density at radius 1 is 1.50 bits per heavy atom. The van der Waals surface area contributed by atoms with Gasteiger partial charge in [-0.2, -0.15) is 0 Å². The molecule has 0 aromatic carbocycles. The van der Waals surface area contributed by atoms with E-state index in [2.05, 4.69) is 38.0 Å². The normalized spacial score (nSPS) is 12.7. The molecule has 0 bridgehead atoms. The number of nitrogens with two attached hydrogens (primary N) is 1. The molecule has 4 nitrogen and oxygen atoms in total. The molecule has 1 aromatic rings. The molecule has 0 saturated carbocycles. The monoisotopic (exact) mass is 297 g/mol. The van der Waals surface area contributed by atoms with Crippen LogP contribution in [-0.4, -0.2) is 23.4 Å². The minimum absolute atomic E-state index is 0.201. The van der Waals surface area contributed by atoms with E-state index in [0.717, 1.165) is 19.5 Å². The molecule has 1 unspecified atom stereocenters. The van der Waals surface area contributed by atoms with E-state index < -0.39 is 0 Å². The van der Waals surface area contributed by atoms with Crippen LogP contribution in [-0.2, 0) is 6.54 Å². The first-order valence-electron chi connectivity index (χ1n) is 7.37. The zero-order valence-electron chi connectivity index (χ0n) is 13.0. The molecular formula is C15H27N3OS. The molecule has 0 aliphatic rings. The number of carbonyl (C=O) groups excluding carboxylic acids is 1. The Morgan fingerprint density at radius 2 is 2.20 bits per heavy atom. The highest BCUT2D eigenvalue weighted by molar-refractivity contribution is 7.14. The fourth-order valence-electron chi connectivity index (χ4n) is 2.15. The summed E-state index contributed by atoms with van der Waals surface area (Å²) in [6.07, 6.45) is 3.56. The average molecular weight is 297 g/mol. The summed E-state index contributed by atoms with van der Waals surface area (Å²) in [5.74, 6) is 5.00. The second kappa shape index (κ2) is 8.39. The summed E-state index contributed by atoms with van der Waals surface area (Å²) in [6.45, 7) is 10.8. The van der Waals surface area contributed by atoms with Crippen molar-refractivity contribution < 1.29 is 4.79 Å². The maximum atomic E-state index is 11.6. The highest BCUT2D eigenvalue weighted by atomic mass is 32.1. The Labute approximate surface area is 126 Å². The number of nitrogen functional groups attached to an aromatic ring is 1. The van der Waals surface area contributed by atoms with Crippen LogP contribution >= 0.6 is 11.3 Å².